The van der Waals surface area contributed by atoms with E-state index in [1.807, 2.05) is 0 Å². The van der Waals surface area contributed by atoms with Crippen LogP contribution in [0.2, 0.25) is 23.0 Å². The Hall–Kier alpha value is -1.32. The Kier molecular flexibility index (Phi) is 8.23. The van der Waals surface area contributed by atoms with Crippen LogP contribution in [-0.4, -0.2) is 21.6 Å². The van der Waals surface area contributed by atoms with Crippen LogP contribution < -0.4 is 10.4 Å². The van der Waals surface area contributed by atoms with Crippen molar-refractivity contribution in [2.75, 3.05) is 6.61 Å². The highest BCUT2D eigenvalue weighted by Crippen LogP contribution is 2.48. The van der Waals surface area contributed by atoms with Crippen LogP contribution in [0.5, 0.6) is 0 Å². The molecule has 1 nitrogen and oxygen atoms in total. The molecule has 0 saturated carbocycles. The summed E-state index contributed by atoms with van der Waals surface area (Å²) in [5.41, 5.74) is 0. The van der Waals surface area contributed by atoms with Crippen molar-refractivity contribution in [3.8, 4) is 0 Å². The van der Waals surface area contributed by atoms with Crippen molar-refractivity contribution in [3.63, 3.8) is 0 Å². The molecular weight excluding hydrogens is 415 g/mol. The van der Waals surface area contributed by atoms with Crippen LogP contribution in [-0.2, 0) is 4.43 Å². The summed E-state index contributed by atoms with van der Waals surface area (Å²) in [5, 5.41) is 2.85. The van der Waals surface area contributed by atoms with Gasteiger partial charge in [0.1, 0.15) is 6.71 Å². The van der Waals surface area contributed by atoms with Gasteiger partial charge in [-0.15, -0.1) is 0 Å². The molecule has 33 heavy (non-hydrogen) atoms. The maximum atomic E-state index is 7.18. The summed E-state index contributed by atoms with van der Waals surface area (Å²) in [6, 6.07) is 22.2. The lowest BCUT2D eigenvalue weighted by Crippen LogP contribution is -2.66. The van der Waals surface area contributed by atoms with E-state index in [9.17, 15) is 0 Å². The first kappa shape index (κ1) is 24.8. The van der Waals surface area contributed by atoms with E-state index in [0.717, 1.165) is 25.0 Å². The van der Waals surface area contributed by atoms with Gasteiger partial charge >= 0.3 is 0 Å². The fourth-order valence-electron chi connectivity index (χ4n) is 7.10. The lowest BCUT2D eigenvalue weighted by atomic mass is 9.26. The molecule has 2 saturated heterocycles. The van der Waals surface area contributed by atoms with Crippen LogP contribution in [0.1, 0.15) is 79.1 Å². The molecule has 0 spiro atoms. The highest BCUT2D eigenvalue weighted by atomic mass is 28.4. The largest absolute Gasteiger partial charge is 0.407 e. The van der Waals surface area contributed by atoms with Gasteiger partial charge in [-0.3, -0.25) is 0 Å². The first-order valence-corrected chi connectivity index (χ1v) is 15.6. The van der Waals surface area contributed by atoms with Crippen LogP contribution in [0, 0.1) is 5.92 Å². The standard InChI is InChI=1S/C30H45BOSi/c1-25(14-13-23-31-26-15-11-16-27(31)18-12-17-26)24-32-33(30(2,3)4,28-19-7-5-8-20-28)29-21-9-6-10-22-29/h5-10,19-22,25-27H,11-18,23-24H2,1-4H3. The van der Waals surface area contributed by atoms with Gasteiger partial charge in [-0.2, -0.15) is 0 Å². The predicted molar refractivity (Wildman–Crippen MR) is 148 cm³/mol. The van der Waals surface area contributed by atoms with Gasteiger partial charge in [0.05, 0.1) is 0 Å². The molecule has 2 aromatic carbocycles. The Morgan fingerprint density at radius 2 is 1.33 bits per heavy atom. The maximum absolute atomic E-state index is 7.18. The molecule has 2 fully saturated rings. The zero-order chi connectivity index (χ0) is 23.3. The van der Waals surface area contributed by atoms with E-state index in [1.165, 1.54) is 68.1 Å². The van der Waals surface area contributed by atoms with Gasteiger partial charge in [-0.25, -0.2) is 0 Å². The molecule has 4 rings (SSSR count). The third kappa shape index (κ3) is 5.51. The van der Waals surface area contributed by atoms with Crippen molar-refractivity contribution in [3.05, 3.63) is 60.7 Å². The Morgan fingerprint density at radius 1 is 0.848 bits per heavy atom. The zero-order valence-corrected chi connectivity index (χ0v) is 22.6. The number of hydrogen-bond acceptors (Lipinski definition) is 1. The van der Waals surface area contributed by atoms with Crippen molar-refractivity contribution in [2.24, 2.45) is 5.92 Å². The van der Waals surface area contributed by atoms with Crippen LogP contribution in [0.15, 0.2) is 60.7 Å². The maximum Gasteiger partial charge on any atom is 0.261 e. The summed E-state index contributed by atoms with van der Waals surface area (Å²) in [4.78, 5) is 0. The average Bonchev–Trinajstić information content (AvgIpc) is 2.80. The molecule has 2 bridgehead atoms. The van der Waals surface area contributed by atoms with Gasteiger partial charge in [-0.1, -0.05) is 151 Å². The van der Waals surface area contributed by atoms with Gasteiger partial charge in [0, 0.05) is 6.61 Å². The molecule has 3 heteroatoms. The Labute approximate surface area is 204 Å². The predicted octanol–water partition coefficient (Wildman–Crippen LogP) is 7.58. The van der Waals surface area contributed by atoms with Crippen molar-refractivity contribution in [1.82, 2.24) is 0 Å². The number of fused-ring (bicyclic) bond motifs is 2. The van der Waals surface area contributed by atoms with Gasteiger partial charge in [-0.05, 0) is 27.8 Å². The van der Waals surface area contributed by atoms with Crippen LogP contribution in [0.3, 0.4) is 0 Å². The van der Waals surface area contributed by atoms with E-state index >= 15 is 0 Å². The molecule has 2 aliphatic rings. The van der Waals surface area contributed by atoms with Gasteiger partial charge in [0.15, 0.2) is 0 Å². The smallest absolute Gasteiger partial charge is 0.261 e. The third-order valence-corrected chi connectivity index (χ3v) is 13.8. The summed E-state index contributed by atoms with van der Waals surface area (Å²) < 4.78 is 7.18. The Balaban J connectivity index is 1.44. The van der Waals surface area contributed by atoms with Crippen molar-refractivity contribution < 1.29 is 4.43 Å². The van der Waals surface area contributed by atoms with Crippen LogP contribution >= 0.6 is 0 Å². The molecule has 0 amide bonds. The second-order valence-corrected chi connectivity index (χ2v) is 16.4. The minimum atomic E-state index is -2.40. The Morgan fingerprint density at radius 3 is 1.79 bits per heavy atom. The highest BCUT2D eigenvalue weighted by molar-refractivity contribution is 6.99. The minimum Gasteiger partial charge on any atom is -0.407 e. The molecule has 0 aromatic heterocycles. The molecule has 1 atom stereocenters. The summed E-state index contributed by atoms with van der Waals surface area (Å²) >= 11 is 0. The van der Waals surface area contributed by atoms with E-state index in [2.05, 4.69) is 88.4 Å². The molecule has 0 aliphatic carbocycles. The molecule has 2 aliphatic heterocycles. The normalized spacial score (nSPS) is 22.2. The van der Waals surface area contributed by atoms with Crippen molar-refractivity contribution in [1.29, 1.82) is 0 Å². The van der Waals surface area contributed by atoms with Crippen LogP contribution in [0.4, 0.5) is 0 Å². The van der Waals surface area contributed by atoms with Gasteiger partial charge in [0.25, 0.3) is 8.32 Å². The first-order chi connectivity index (χ1) is 15.9. The summed E-state index contributed by atoms with van der Waals surface area (Å²) in [7, 11) is -2.40. The molecule has 2 aromatic rings. The highest BCUT2D eigenvalue weighted by Gasteiger charge is 2.50. The third-order valence-electron chi connectivity index (χ3n) is 8.75. The summed E-state index contributed by atoms with van der Waals surface area (Å²) in [6.07, 6.45) is 13.2. The van der Waals surface area contributed by atoms with E-state index in [-0.39, 0.29) is 5.04 Å². The minimum absolute atomic E-state index is 0.0645. The van der Waals surface area contributed by atoms with Gasteiger partial charge in [0.2, 0.25) is 0 Å². The lowest BCUT2D eigenvalue weighted by Gasteiger charge is -2.43. The molecule has 2 heterocycles. The first-order valence-electron chi connectivity index (χ1n) is 13.7. The van der Waals surface area contributed by atoms with Crippen LogP contribution in [0.25, 0.3) is 0 Å². The molecule has 0 radical (unpaired) electrons. The molecular formula is C30H45BOSi. The van der Waals surface area contributed by atoms with Crippen molar-refractivity contribution >= 4 is 25.4 Å². The van der Waals surface area contributed by atoms with E-state index in [0.29, 0.717) is 5.92 Å². The monoisotopic (exact) mass is 460 g/mol. The molecule has 0 N–H and O–H groups in total. The fraction of sp³-hybridized carbons (Fsp3) is 0.600. The topological polar surface area (TPSA) is 9.23 Å². The number of benzene rings is 2. The quantitative estimate of drug-likeness (QED) is 0.351. The second kappa shape index (κ2) is 11.0. The summed E-state index contributed by atoms with van der Waals surface area (Å²) in [5.74, 6) is 2.69. The lowest BCUT2D eigenvalue weighted by molar-refractivity contribution is 0.237. The second-order valence-electron chi connectivity index (χ2n) is 12.1. The average molecular weight is 461 g/mol. The molecule has 1 unspecified atom stereocenters. The van der Waals surface area contributed by atoms with Crippen molar-refractivity contribution in [2.45, 2.75) is 102 Å². The fourth-order valence-corrected chi connectivity index (χ4v) is 11.8. The number of hydrogen-bond donors (Lipinski definition) is 0. The number of rotatable bonds is 9. The van der Waals surface area contributed by atoms with E-state index in [1.54, 1.807) is 0 Å². The van der Waals surface area contributed by atoms with E-state index < -0.39 is 8.32 Å². The molecule has 178 valence electrons. The SMILES string of the molecule is CC(CCCB1C2CCCC1CCC2)CO[Si](c1ccccc1)(c1ccccc1)C(C)(C)C. The van der Waals surface area contributed by atoms with E-state index in [4.69, 9.17) is 4.43 Å². The van der Waals surface area contributed by atoms with Gasteiger partial charge < -0.3 is 4.43 Å². The summed E-state index contributed by atoms with van der Waals surface area (Å²) in [6.45, 7) is 11.4. The zero-order valence-electron chi connectivity index (χ0n) is 21.6. The Bertz CT molecular complexity index is 785.